The number of aryl methyl sites for hydroxylation is 1. The zero-order chi connectivity index (χ0) is 14.7. The van der Waals surface area contributed by atoms with E-state index in [4.69, 9.17) is 4.42 Å². The first-order chi connectivity index (χ1) is 10.2. The van der Waals surface area contributed by atoms with Crippen LogP contribution in [0.5, 0.6) is 0 Å². The molecule has 0 bridgehead atoms. The summed E-state index contributed by atoms with van der Waals surface area (Å²) < 4.78 is 5.70. The maximum atomic E-state index is 5.70. The molecule has 0 unspecified atom stereocenters. The Labute approximate surface area is 127 Å². The molecule has 21 heavy (non-hydrogen) atoms. The second-order valence-corrected chi connectivity index (χ2v) is 5.59. The van der Waals surface area contributed by atoms with Crippen LogP contribution in [0.1, 0.15) is 19.2 Å². The van der Waals surface area contributed by atoms with Gasteiger partial charge in [-0.15, -0.1) is 0 Å². The van der Waals surface area contributed by atoms with Crippen LogP contribution in [0.15, 0.2) is 45.0 Å². The Morgan fingerprint density at radius 1 is 1.19 bits per heavy atom. The smallest absolute Gasteiger partial charge is 0.263 e. The number of hydrogen-bond donors (Lipinski definition) is 1. The van der Waals surface area contributed by atoms with E-state index in [-0.39, 0.29) is 0 Å². The van der Waals surface area contributed by atoms with Crippen molar-refractivity contribution in [3.8, 4) is 0 Å². The minimum atomic E-state index is 0.593. The Morgan fingerprint density at radius 3 is 2.86 bits per heavy atom. The van der Waals surface area contributed by atoms with Gasteiger partial charge in [0.1, 0.15) is 22.2 Å². The molecule has 6 heteroatoms. The number of nitrogens with one attached hydrogen (secondary N) is 1. The minimum Gasteiger partial charge on any atom is -0.431 e. The standard InChI is InChI=1S/C15H16N4OS/c1-3-8-16-13-9-14(18-10(2)17-13)21-15-19-11-6-4-5-7-12(11)20-15/h4-7,9H,3,8H2,1-2H3,(H,16,17,18). The van der Waals surface area contributed by atoms with E-state index in [0.717, 1.165) is 40.7 Å². The number of nitrogens with zero attached hydrogens (tertiary/aromatic N) is 3. The molecule has 0 fully saturated rings. The Balaban J connectivity index is 1.84. The fraction of sp³-hybridized carbons (Fsp3) is 0.267. The van der Waals surface area contributed by atoms with Crippen LogP contribution in [-0.4, -0.2) is 21.5 Å². The molecule has 0 saturated heterocycles. The maximum Gasteiger partial charge on any atom is 0.263 e. The van der Waals surface area contributed by atoms with Gasteiger partial charge in [0.15, 0.2) is 5.58 Å². The molecular weight excluding hydrogens is 284 g/mol. The quantitative estimate of drug-likeness (QED) is 0.721. The molecule has 3 rings (SSSR count). The molecule has 108 valence electrons. The first-order valence-corrected chi connectivity index (χ1v) is 7.69. The highest BCUT2D eigenvalue weighted by Gasteiger charge is 2.09. The summed E-state index contributed by atoms with van der Waals surface area (Å²) in [6.07, 6.45) is 1.05. The predicted molar refractivity (Wildman–Crippen MR) is 83.7 cm³/mol. The van der Waals surface area contributed by atoms with Gasteiger partial charge in [-0.2, -0.15) is 0 Å². The van der Waals surface area contributed by atoms with Gasteiger partial charge >= 0.3 is 0 Å². The molecule has 5 nitrogen and oxygen atoms in total. The molecule has 2 aromatic heterocycles. The zero-order valence-electron chi connectivity index (χ0n) is 12.0. The van der Waals surface area contributed by atoms with Crippen LogP contribution in [0.3, 0.4) is 0 Å². The third-order valence-electron chi connectivity index (χ3n) is 2.84. The van der Waals surface area contributed by atoms with Crippen LogP contribution in [0.2, 0.25) is 0 Å². The zero-order valence-corrected chi connectivity index (χ0v) is 12.8. The molecule has 0 aliphatic rings. The monoisotopic (exact) mass is 300 g/mol. The van der Waals surface area contributed by atoms with Crippen LogP contribution < -0.4 is 5.32 Å². The molecule has 0 saturated carbocycles. The van der Waals surface area contributed by atoms with E-state index < -0.39 is 0 Å². The van der Waals surface area contributed by atoms with Crippen molar-refractivity contribution in [3.05, 3.63) is 36.2 Å². The van der Waals surface area contributed by atoms with Crippen LogP contribution in [0.4, 0.5) is 5.82 Å². The van der Waals surface area contributed by atoms with Gasteiger partial charge in [0, 0.05) is 12.6 Å². The summed E-state index contributed by atoms with van der Waals surface area (Å²) in [5.41, 5.74) is 1.64. The number of anilines is 1. The van der Waals surface area contributed by atoms with E-state index in [1.165, 1.54) is 11.8 Å². The Kier molecular flexibility index (Phi) is 4.06. The van der Waals surface area contributed by atoms with Gasteiger partial charge < -0.3 is 9.73 Å². The molecule has 0 aliphatic heterocycles. The lowest BCUT2D eigenvalue weighted by molar-refractivity contribution is 0.489. The van der Waals surface area contributed by atoms with Crippen molar-refractivity contribution < 1.29 is 4.42 Å². The molecule has 1 N–H and O–H groups in total. The SMILES string of the molecule is CCCNc1cc(Sc2nc3ccccc3o2)nc(C)n1. The van der Waals surface area contributed by atoms with E-state index in [2.05, 4.69) is 27.2 Å². The van der Waals surface area contributed by atoms with Crippen LogP contribution in [0, 0.1) is 6.92 Å². The van der Waals surface area contributed by atoms with Gasteiger partial charge in [-0.05, 0) is 37.2 Å². The first kappa shape index (κ1) is 13.9. The highest BCUT2D eigenvalue weighted by atomic mass is 32.2. The summed E-state index contributed by atoms with van der Waals surface area (Å²) in [6, 6.07) is 9.64. The van der Waals surface area contributed by atoms with Crippen molar-refractivity contribution in [2.45, 2.75) is 30.5 Å². The van der Waals surface area contributed by atoms with Gasteiger partial charge in [-0.25, -0.2) is 15.0 Å². The molecule has 0 spiro atoms. The highest BCUT2D eigenvalue weighted by Crippen LogP contribution is 2.29. The van der Waals surface area contributed by atoms with Crippen molar-refractivity contribution in [2.24, 2.45) is 0 Å². The van der Waals surface area contributed by atoms with E-state index in [0.29, 0.717) is 5.22 Å². The Bertz CT molecular complexity index is 723. The minimum absolute atomic E-state index is 0.593. The van der Waals surface area contributed by atoms with Gasteiger partial charge in [0.2, 0.25) is 0 Å². The predicted octanol–water partition coefficient (Wildman–Crippen LogP) is 3.90. The largest absolute Gasteiger partial charge is 0.431 e. The lowest BCUT2D eigenvalue weighted by atomic mass is 10.3. The van der Waals surface area contributed by atoms with Crippen molar-refractivity contribution >= 4 is 28.7 Å². The molecule has 0 radical (unpaired) electrons. The second-order valence-electron chi connectivity index (χ2n) is 4.61. The molecule has 0 aliphatic carbocycles. The average Bonchev–Trinajstić information content (AvgIpc) is 2.86. The third kappa shape index (κ3) is 3.33. The number of oxazole rings is 1. The topological polar surface area (TPSA) is 63.8 Å². The number of aromatic nitrogens is 3. The summed E-state index contributed by atoms with van der Waals surface area (Å²) in [5, 5.41) is 4.69. The lowest BCUT2D eigenvalue weighted by Crippen LogP contribution is -2.04. The molecular formula is C15H16N4OS. The van der Waals surface area contributed by atoms with Crippen molar-refractivity contribution in [3.63, 3.8) is 0 Å². The molecule has 0 atom stereocenters. The molecule has 1 aromatic carbocycles. The molecule has 2 heterocycles. The van der Waals surface area contributed by atoms with Gasteiger partial charge in [0.25, 0.3) is 5.22 Å². The number of fused-ring (bicyclic) bond motifs is 1. The van der Waals surface area contributed by atoms with Crippen molar-refractivity contribution in [2.75, 3.05) is 11.9 Å². The van der Waals surface area contributed by atoms with Crippen LogP contribution >= 0.6 is 11.8 Å². The summed E-state index contributed by atoms with van der Waals surface area (Å²) in [5.74, 6) is 1.57. The van der Waals surface area contributed by atoms with E-state index in [1.807, 2.05) is 37.3 Å². The van der Waals surface area contributed by atoms with Crippen LogP contribution in [-0.2, 0) is 0 Å². The summed E-state index contributed by atoms with van der Waals surface area (Å²) in [4.78, 5) is 13.2. The Hall–Kier alpha value is -2.08. The number of hydrogen-bond acceptors (Lipinski definition) is 6. The number of rotatable bonds is 5. The summed E-state index contributed by atoms with van der Waals surface area (Å²) in [7, 11) is 0. The van der Waals surface area contributed by atoms with Crippen molar-refractivity contribution in [1.82, 2.24) is 15.0 Å². The highest BCUT2D eigenvalue weighted by molar-refractivity contribution is 7.99. The van der Waals surface area contributed by atoms with Crippen molar-refractivity contribution in [1.29, 1.82) is 0 Å². The summed E-state index contributed by atoms with van der Waals surface area (Å²) in [6.45, 7) is 4.89. The maximum absolute atomic E-state index is 5.70. The number of benzene rings is 1. The lowest BCUT2D eigenvalue weighted by Gasteiger charge is -2.06. The van der Waals surface area contributed by atoms with Gasteiger partial charge in [-0.1, -0.05) is 19.1 Å². The van der Waals surface area contributed by atoms with Crippen LogP contribution in [0.25, 0.3) is 11.1 Å². The normalized spacial score (nSPS) is 11.0. The first-order valence-electron chi connectivity index (χ1n) is 6.87. The fourth-order valence-electron chi connectivity index (χ4n) is 1.92. The van der Waals surface area contributed by atoms with Gasteiger partial charge in [-0.3, -0.25) is 0 Å². The van der Waals surface area contributed by atoms with E-state index >= 15 is 0 Å². The van der Waals surface area contributed by atoms with E-state index in [1.54, 1.807) is 0 Å². The summed E-state index contributed by atoms with van der Waals surface area (Å²) >= 11 is 1.41. The number of para-hydroxylation sites is 2. The average molecular weight is 300 g/mol. The second kappa shape index (κ2) is 6.13. The van der Waals surface area contributed by atoms with Gasteiger partial charge in [0.05, 0.1) is 0 Å². The molecule has 3 aromatic rings. The van der Waals surface area contributed by atoms with E-state index in [9.17, 15) is 0 Å². The fourth-order valence-corrected chi connectivity index (χ4v) is 2.72. The Morgan fingerprint density at radius 2 is 2.05 bits per heavy atom. The third-order valence-corrected chi connectivity index (χ3v) is 3.60. The molecule has 0 amide bonds.